The molecule has 0 bridgehead atoms. The SMILES string of the molecule is COC(=O)c1c(NS(=O)(=O)c2ccc(F)cc2Br)ccc2c1CCCC2. The number of nitrogens with one attached hydrogen (secondary N) is 1. The zero-order chi connectivity index (χ0) is 18.9. The Kier molecular flexibility index (Phi) is 5.34. The number of esters is 1. The number of carbonyl (C=O) groups is 1. The van der Waals surface area contributed by atoms with Crippen LogP contribution in [0.2, 0.25) is 0 Å². The largest absolute Gasteiger partial charge is 0.465 e. The lowest BCUT2D eigenvalue weighted by Crippen LogP contribution is -2.19. The van der Waals surface area contributed by atoms with Crippen molar-refractivity contribution >= 4 is 37.6 Å². The van der Waals surface area contributed by atoms with Gasteiger partial charge in [0.2, 0.25) is 0 Å². The maximum atomic E-state index is 13.3. The highest BCUT2D eigenvalue weighted by Gasteiger charge is 2.26. The lowest BCUT2D eigenvalue weighted by Gasteiger charge is -2.21. The van der Waals surface area contributed by atoms with Crippen LogP contribution in [-0.4, -0.2) is 21.5 Å². The fourth-order valence-corrected chi connectivity index (χ4v) is 5.26. The highest BCUT2D eigenvalue weighted by Crippen LogP contribution is 2.32. The number of aryl methyl sites for hydroxylation is 1. The molecule has 1 N–H and O–H groups in total. The van der Waals surface area contributed by atoms with E-state index in [0.29, 0.717) is 6.42 Å². The summed E-state index contributed by atoms with van der Waals surface area (Å²) >= 11 is 3.07. The van der Waals surface area contributed by atoms with Crippen LogP contribution in [0.4, 0.5) is 10.1 Å². The van der Waals surface area contributed by atoms with E-state index in [-0.39, 0.29) is 20.6 Å². The molecule has 138 valence electrons. The smallest absolute Gasteiger partial charge is 0.340 e. The number of carbonyl (C=O) groups excluding carboxylic acids is 1. The van der Waals surface area contributed by atoms with Crippen molar-refractivity contribution in [3.63, 3.8) is 0 Å². The number of benzene rings is 2. The maximum Gasteiger partial charge on any atom is 0.340 e. The number of rotatable bonds is 4. The molecule has 26 heavy (non-hydrogen) atoms. The summed E-state index contributed by atoms with van der Waals surface area (Å²) in [5.41, 5.74) is 2.25. The Morgan fingerprint density at radius 2 is 1.92 bits per heavy atom. The van der Waals surface area contributed by atoms with Gasteiger partial charge in [-0.2, -0.15) is 0 Å². The van der Waals surface area contributed by atoms with E-state index in [9.17, 15) is 17.6 Å². The van der Waals surface area contributed by atoms with E-state index < -0.39 is 21.8 Å². The van der Waals surface area contributed by atoms with Crippen LogP contribution in [0.25, 0.3) is 0 Å². The molecule has 0 amide bonds. The summed E-state index contributed by atoms with van der Waals surface area (Å²) in [6, 6.07) is 6.71. The Balaban J connectivity index is 2.08. The molecule has 0 spiro atoms. The van der Waals surface area contributed by atoms with Gasteiger partial charge in [0.15, 0.2) is 0 Å². The third-order valence-corrected chi connectivity index (χ3v) is 6.69. The molecule has 1 aliphatic rings. The summed E-state index contributed by atoms with van der Waals surface area (Å²) in [5, 5.41) is 0. The van der Waals surface area contributed by atoms with Crippen LogP contribution < -0.4 is 4.72 Å². The van der Waals surface area contributed by atoms with Gasteiger partial charge in [-0.25, -0.2) is 17.6 Å². The molecule has 2 aromatic rings. The topological polar surface area (TPSA) is 72.5 Å². The molecule has 0 aromatic heterocycles. The van der Waals surface area contributed by atoms with E-state index in [1.807, 2.05) is 6.07 Å². The lowest BCUT2D eigenvalue weighted by molar-refractivity contribution is 0.0600. The number of hydrogen-bond acceptors (Lipinski definition) is 4. The maximum absolute atomic E-state index is 13.3. The summed E-state index contributed by atoms with van der Waals surface area (Å²) in [6.07, 6.45) is 3.49. The van der Waals surface area contributed by atoms with Gasteiger partial charge in [-0.1, -0.05) is 6.07 Å². The van der Waals surface area contributed by atoms with Crippen LogP contribution in [0.5, 0.6) is 0 Å². The average molecular weight is 442 g/mol. The fourth-order valence-electron chi connectivity index (χ4n) is 3.14. The number of methoxy groups -OCH3 is 1. The Morgan fingerprint density at radius 1 is 1.19 bits per heavy atom. The number of anilines is 1. The highest BCUT2D eigenvalue weighted by molar-refractivity contribution is 9.10. The molecular weight excluding hydrogens is 425 g/mol. The van der Waals surface area contributed by atoms with Crippen LogP contribution in [0.15, 0.2) is 39.7 Å². The first-order chi connectivity index (χ1) is 12.3. The molecule has 0 fully saturated rings. The third kappa shape index (κ3) is 3.61. The molecule has 5 nitrogen and oxygen atoms in total. The van der Waals surface area contributed by atoms with Crippen molar-refractivity contribution in [3.8, 4) is 0 Å². The van der Waals surface area contributed by atoms with Crippen LogP contribution in [0.1, 0.15) is 34.3 Å². The van der Waals surface area contributed by atoms with Crippen molar-refractivity contribution in [2.24, 2.45) is 0 Å². The second kappa shape index (κ2) is 7.36. The second-order valence-corrected chi connectivity index (χ2v) is 8.51. The average Bonchev–Trinajstić information content (AvgIpc) is 2.60. The Morgan fingerprint density at radius 3 is 2.62 bits per heavy atom. The van der Waals surface area contributed by atoms with E-state index in [4.69, 9.17) is 4.74 Å². The molecule has 1 aliphatic carbocycles. The van der Waals surface area contributed by atoms with Crippen molar-refractivity contribution in [2.75, 3.05) is 11.8 Å². The van der Waals surface area contributed by atoms with Crippen LogP contribution >= 0.6 is 15.9 Å². The second-order valence-electron chi connectivity index (χ2n) is 6.00. The van der Waals surface area contributed by atoms with E-state index in [1.165, 1.54) is 7.11 Å². The van der Waals surface area contributed by atoms with Gasteiger partial charge in [0.25, 0.3) is 10.0 Å². The number of sulfonamides is 1. The Labute approximate surface area is 159 Å². The van der Waals surface area contributed by atoms with Crippen molar-refractivity contribution in [2.45, 2.75) is 30.6 Å². The molecule has 0 unspecified atom stereocenters. The number of halogens is 2. The van der Waals surface area contributed by atoms with Crippen LogP contribution in [-0.2, 0) is 27.6 Å². The van der Waals surface area contributed by atoms with Crippen LogP contribution in [0, 0.1) is 5.82 Å². The van der Waals surface area contributed by atoms with Gasteiger partial charge in [0, 0.05) is 4.47 Å². The van der Waals surface area contributed by atoms with Gasteiger partial charge in [-0.05, 0) is 77.0 Å². The van der Waals surface area contributed by atoms with E-state index in [1.54, 1.807) is 6.07 Å². The lowest BCUT2D eigenvalue weighted by atomic mass is 9.87. The Bertz CT molecular complexity index is 975. The minimum Gasteiger partial charge on any atom is -0.465 e. The highest BCUT2D eigenvalue weighted by atomic mass is 79.9. The minimum absolute atomic E-state index is 0.0996. The quantitative estimate of drug-likeness (QED) is 0.726. The van der Waals surface area contributed by atoms with Crippen molar-refractivity contribution in [1.29, 1.82) is 0 Å². The first-order valence-electron chi connectivity index (χ1n) is 8.04. The molecule has 8 heteroatoms. The first kappa shape index (κ1) is 18.8. The summed E-state index contributed by atoms with van der Waals surface area (Å²) in [6.45, 7) is 0. The summed E-state index contributed by atoms with van der Waals surface area (Å²) < 4.78 is 46.2. The molecule has 0 saturated carbocycles. The van der Waals surface area contributed by atoms with Gasteiger partial charge >= 0.3 is 5.97 Å². The van der Waals surface area contributed by atoms with Gasteiger partial charge in [0.1, 0.15) is 10.7 Å². The van der Waals surface area contributed by atoms with E-state index in [0.717, 1.165) is 48.6 Å². The summed E-state index contributed by atoms with van der Waals surface area (Å²) in [4.78, 5) is 12.2. The van der Waals surface area contributed by atoms with E-state index >= 15 is 0 Å². The summed E-state index contributed by atoms with van der Waals surface area (Å²) in [7, 11) is -2.76. The van der Waals surface area contributed by atoms with Gasteiger partial charge in [0.05, 0.1) is 18.4 Å². The summed E-state index contributed by atoms with van der Waals surface area (Å²) in [5.74, 6) is -1.14. The molecular formula is C18H17BrFNO4S. The van der Waals surface area contributed by atoms with Gasteiger partial charge in [-0.3, -0.25) is 4.72 Å². The van der Waals surface area contributed by atoms with Gasteiger partial charge in [-0.15, -0.1) is 0 Å². The number of fused-ring (bicyclic) bond motifs is 1. The van der Waals surface area contributed by atoms with Gasteiger partial charge < -0.3 is 4.74 Å². The standard InChI is InChI=1S/C18H17BrFNO4S/c1-25-18(22)17-13-5-3-2-4-11(13)6-8-15(17)21-26(23,24)16-9-7-12(20)10-14(16)19/h6-10,21H,2-5H2,1H3. The zero-order valence-electron chi connectivity index (χ0n) is 14.0. The molecule has 3 rings (SSSR count). The van der Waals surface area contributed by atoms with Crippen molar-refractivity contribution < 1.29 is 22.3 Å². The molecule has 0 saturated heterocycles. The number of hydrogen-bond donors (Lipinski definition) is 1. The predicted molar refractivity (Wildman–Crippen MR) is 99.3 cm³/mol. The molecule has 0 heterocycles. The zero-order valence-corrected chi connectivity index (χ0v) is 16.4. The monoisotopic (exact) mass is 441 g/mol. The predicted octanol–water partition coefficient (Wildman–Crippen LogP) is 4.05. The molecule has 0 atom stereocenters. The molecule has 0 radical (unpaired) electrons. The molecule has 2 aromatic carbocycles. The fraction of sp³-hybridized carbons (Fsp3) is 0.278. The molecule has 0 aliphatic heterocycles. The minimum atomic E-state index is -4.02. The van der Waals surface area contributed by atoms with Crippen molar-refractivity contribution in [1.82, 2.24) is 0 Å². The Hall–Kier alpha value is -1.93. The van der Waals surface area contributed by atoms with Crippen molar-refractivity contribution in [3.05, 3.63) is 57.3 Å². The van der Waals surface area contributed by atoms with E-state index in [2.05, 4.69) is 20.7 Å². The number of ether oxygens (including phenoxy) is 1. The third-order valence-electron chi connectivity index (χ3n) is 4.35. The normalized spacial score (nSPS) is 13.8. The first-order valence-corrected chi connectivity index (χ1v) is 10.3. The van der Waals surface area contributed by atoms with Crippen LogP contribution in [0.3, 0.4) is 0 Å².